The zero-order chi connectivity index (χ0) is 23.2. The molecule has 9 nitrogen and oxygen atoms in total. The second-order valence-corrected chi connectivity index (χ2v) is 10.1. The van der Waals surface area contributed by atoms with Gasteiger partial charge in [0.25, 0.3) is 5.91 Å². The van der Waals surface area contributed by atoms with Gasteiger partial charge in [0, 0.05) is 17.7 Å². The summed E-state index contributed by atoms with van der Waals surface area (Å²) in [5.74, 6) is -1.30. The SMILES string of the molecule is C=C[C@H](C)C(NC(=O)C1CCCN1C(=O)CNC(=O)OC(C)(C)C)C(=O)NSC1CC1. The summed E-state index contributed by atoms with van der Waals surface area (Å²) >= 11 is 1.38. The van der Waals surface area contributed by atoms with Crippen molar-refractivity contribution in [2.24, 2.45) is 5.92 Å². The van der Waals surface area contributed by atoms with Gasteiger partial charge >= 0.3 is 6.09 Å². The van der Waals surface area contributed by atoms with Crippen molar-refractivity contribution in [3.05, 3.63) is 12.7 Å². The minimum absolute atomic E-state index is 0.260. The highest BCUT2D eigenvalue weighted by Crippen LogP contribution is 2.32. The van der Waals surface area contributed by atoms with E-state index >= 15 is 0 Å². The highest BCUT2D eigenvalue weighted by Gasteiger charge is 2.37. The molecule has 31 heavy (non-hydrogen) atoms. The lowest BCUT2D eigenvalue weighted by atomic mass is 10.0. The van der Waals surface area contributed by atoms with Gasteiger partial charge < -0.3 is 20.3 Å². The molecule has 3 atom stereocenters. The molecule has 0 aromatic heterocycles. The highest BCUT2D eigenvalue weighted by molar-refractivity contribution is 7.98. The summed E-state index contributed by atoms with van der Waals surface area (Å²) in [5, 5.41) is 5.67. The average molecular weight is 455 g/mol. The van der Waals surface area contributed by atoms with Crippen LogP contribution in [0.3, 0.4) is 0 Å². The van der Waals surface area contributed by atoms with Crippen molar-refractivity contribution in [2.75, 3.05) is 13.1 Å². The molecule has 1 saturated heterocycles. The normalized spacial score (nSPS) is 20.4. The smallest absolute Gasteiger partial charge is 0.408 e. The third kappa shape index (κ3) is 8.08. The number of amides is 4. The maximum absolute atomic E-state index is 12.9. The number of nitrogens with one attached hydrogen (secondary N) is 3. The molecular formula is C21H34N4O5S. The number of likely N-dealkylation sites (tertiary alicyclic amines) is 1. The molecule has 0 radical (unpaired) electrons. The Morgan fingerprint density at radius 2 is 1.90 bits per heavy atom. The number of hydrogen-bond donors (Lipinski definition) is 3. The van der Waals surface area contributed by atoms with Gasteiger partial charge in [0.05, 0.1) is 0 Å². The maximum Gasteiger partial charge on any atom is 0.408 e. The van der Waals surface area contributed by atoms with E-state index in [1.54, 1.807) is 26.8 Å². The van der Waals surface area contributed by atoms with Crippen LogP contribution in [0.5, 0.6) is 0 Å². The largest absolute Gasteiger partial charge is 0.444 e. The van der Waals surface area contributed by atoms with E-state index in [1.807, 2.05) is 6.92 Å². The molecule has 10 heteroatoms. The third-order valence-corrected chi connectivity index (χ3v) is 6.11. The molecule has 1 saturated carbocycles. The van der Waals surface area contributed by atoms with Crippen molar-refractivity contribution in [1.29, 1.82) is 0 Å². The van der Waals surface area contributed by atoms with Crippen LogP contribution >= 0.6 is 11.9 Å². The first-order valence-corrected chi connectivity index (χ1v) is 11.5. The molecule has 1 heterocycles. The quantitative estimate of drug-likeness (QED) is 0.361. The molecule has 2 fully saturated rings. The lowest BCUT2D eigenvalue weighted by Crippen LogP contribution is -2.55. The van der Waals surface area contributed by atoms with Crippen LogP contribution in [0.1, 0.15) is 53.4 Å². The number of ether oxygens (including phenoxy) is 1. The Kier molecular flexibility index (Phi) is 8.79. The number of hydrogen-bond acceptors (Lipinski definition) is 6. The van der Waals surface area contributed by atoms with Crippen LogP contribution in [0.4, 0.5) is 4.79 Å². The molecule has 174 valence electrons. The van der Waals surface area contributed by atoms with Crippen molar-refractivity contribution >= 4 is 35.8 Å². The summed E-state index contributed by atoms with van der Waals surface area (Å²) in [5.41, 5.74) is -0.668. The van der Waals surface area contributed by atoms with E-state index in [0.29, 0.717) is 24.6 Å². The zero-order valence-corrected chi connectivity index (χ0v) is 19.5. The van der Waals surface area contributed by atoms with Gasteiger partial charge in [-0.05, 0) is 58.4 Å². The molecule has 1 aliphatic heterocycles. The summed E-state index contributed by atoms with van der Waals surface area (Å²) in [6, 6.07) is -1.45. The number of carbonyl (C=O) groups is 4. The molecule has 0 aromatic carbocycles. The minimum atomic E-state index is -0.770. The standard InChI is InChI=1S/C21H34N4O5S/c1-6-13(2)17(19(28)24-31-14-9-10-14)23-18(27)15-8-7-11-25(15)16(26)12-22-20(29)30-21(3,4)5/h6,13-15,17H,1,7-12H2,2-5H3,(H,22,29)(H,23,27)(H,24,28)/t13-,15?,17?/m0/s1. The van der Waals surface area contributed by atoms with Crippen LogP contribution in [0.2, 0.25) is 0 Å². The fraction of sp³-hybridized carbons (Fsp3) is 0.714. The van der Waals surface area contributed by atoms with E-state index in [1.165, 1.54) is 16.8 Å². The zero-order valence-electron chi connectivity index (χ0n) is 18.7. The number of alkyl carbamates (subject to hydrolysis) is 1. The minimum Gasteiger partial charge on any atom is -0.444 e. The molecule has 3 N–H and O–H groups in total. The van der Waals surface area contributed by atoms with Crippen LogP contribution < -0.4 is 15.4 Å². The topological polar surface area (TPSA) is 117 Å². The van der Waals surface area contributed by atoms with Crippen molar-refractivity contribution in [3.8, 4) is 0 Å². The summed E-state index contributed by atoms with van der Waals surface area (Å²) in [7, 11) is 0. The Bertz CT molecular complexity index is 704. The van der Waals surface area contributed by atoms with Gasteiger partial charge in [-0.15, -0.1) is 6.58 Å². The van der Waals surface area contributed by atoms with Gasteiger partial charge in [-0.2, -0.15) is 0 Å². The third-order valence-electron chi connectivity index (χ3n) is 4.99. The Balaban J connectivity index is 1.93. The Labute approximate surface area is 188 Å². The first-order chi connectivity index (χ1) is 14.5. The van der Waals surface area contributed by atoms with E-state index < -0.39 is 23.8 Å². The fourth-order valence-electron chi connectivity index (χ4n) is 3.11. The van der Waals surface area contributed by atoms with Gasteiger partial charge in [-0.1, -0.05) is 13.0 Å². The summed E-state index contributed by atoms with van der Waals surface area (Å²) in [6.45, 7) is 10.9. The second-order valence-electron chi connectivity index (χ2n) is 8.97. The lowest BCUT2D eigenvalue weighted by Gasteiger charge is -2.28. The summed E-state index contributed by atoms with van der Waals surface area (Å²) < 4.78 is 7.95. The van der Waals surface area contributed by atoms with Gasteiger partial charge in [-0.3, -0.25) is 19.1 Å². The molecule has 4 amide bonds. The van der Waals surface area contributed by atoms with Gasteiger partial charge in [0.2, 0.25) is 11.8 Å². The van der Waals surface area contributed by atoms with Crippen molar-refractivity contribution in [3.63, 3.8) is 0 Å². The van der Waals surface area contributed by atoms with E-state index in [9.17, 15) is 19.2 Å². The molecule has 0 spiro atoms. The van der Waals surface area contributed by atoms with E-state index in [2.05, 4.69) is 21.9 Å². The predicted molar refractivity (Wildman–Crippen MR) is 119 cm³/mol. The van der Waals surface area contributed by atoms with E-state index in [4.69, 9.17) is 4.74 Å². The van der Waals surface area contributed by atoms with Crippen molar-refractivity contribution in [2.45, 2.75) is 76.3 Å². The Hall–Kier alpha value is -2.23. The van der Waals surface area contributed by atoms with Crippen LogP contribution in [0, 0.1) is 5.92 Å². The van der Waals surface area contributed by atoms with E-state index in [-0.39, 0.29) is 30.2 Å². The number of rotatable bonds is 9. The molecule has 2 aliphatic rings. The fourth-order valence-corrected chi connectivity index (χ4v) is 3.89. The van der Waals surface area contributed by atoms with Crippen molar-refractivity contribution < 1.29 is 23.9 Å². The summed E-state index contributed by atoms with van der Waals surface area (Å²) in [6.07, 6.45) is 4.25. The van der Waals surface area contributed by atoms with Crippen LogP contribution in [0.15, 0.2) is 12.7 Å². The molecule has 2 rings (SSSR count). The van der Waals surface area contributed by atoms with Crippen LogP contribution in [0.25, 0.3) is 0 Å². The van der Waals surface area contributed by atoms with E-state index in [0.717, 1.165) is 12.8 Å². The molecule has 0 bridgehead atoms. The lowest BCUT2D eigenvalue weighted by molar-refractivity contribution is -0.139. The van der Waals surface area contributed by atoms with Gasteiger partial charge in [0.15, 0.2) is 0 Å². The number of nitrogens with zero attached hydrogens (tertiary/aromatic N) is 1. The maximum atomic E-state index is 12.9. The number of carbonyl (C=O) groups excluding carboxylic acids is 4. The summed E-state index contributed by atoms with van der Waals surface area (Å²) in [4.78, 5) is 51.4. The second kappa shape index (κ2) is 10.9. The van der Waals surface area contributed by atoms with Crippen LogP contribution in [-0.4, -0.2) is 64.7 Å². The molecule has 0 aromatic rings. The monoisotopic (exact) mass is 454 g/mol. The van der Waals surface area contributed by atoms with Gasteiger partial charge in [-0.25, -0.2) is 4.79 Å². The Morgan fingerprint density at radius 1 is 1.23 bits per heavy atom. The first-order valence-electron chi connectivity index (χ1n) is 10.7. The highest BCUT2D eigenvalue weighted by atomic mass is 32.2. The Morgan fingerprint density at radius 3 is 2.48 bits per heavy atom. The predicted octanol–water partition coefficient (Wildman–Crippen LogP) is 1.74. The molecule has 2 unspecified atom stereocenters. The molecular weight excluding hydrogens is 420 g/mol. The van der Waals surface area contributed by atoms with Crippen LogP contribution in [-0.2, 0) is 19.1 Å². The van der Waals surface area contributed by atoms with Gasteiger partial charge in [0.1, 0.15) is 24.2 Å². The first kappa shape index (κ1) is 25.0. The average Bonchev–Trinajstić information content (AvgIpc) is 3.39. The van der Waals surface area contributed by atoms with Crippen molar-refractivity contribution in [1.82, 2.24) is 20.3 Å². The molecule has 1 aliphatic carbocycles.